The topological polar surface area (TPSA) is 103 Å². The summed E-state index contributed by atoms with van der Waals surface area (Å²) in [5.74, 6) is 0. The summed E-state index contributed by atoms with van der Waals surface area (Å²) in [7, 11) is -4.66. The van der Waals surface area contributed by atoms with Crippen LogP contribution in [0.25, 0.3) is 10.9 Å². The van der Waals surface area contributed by atoms with Gasteiger partial charge in [-0.1, -0.05) is 18.2 Å². The zero-order valence-corrected chi connectivity index (χ0v) is 22.6. The number of carbonyl (C=O) groups is 1. The van der Waals surface area contributed by atoms with Crippen molar-refractivity contribution in [3.05, 3.63) is 65.4 Å². The number of pyridine rings is 1. The molecular formula is C26H27F6N5O3S. The van der Waals surface area contributed by atoms with Gasteiger partial charge in [-0.3, -0.25) is 4.98 Å². The van der Waals surface area contributed by atoms with Crippen molar-refractivity contribution in [2.75, 3.05) is 31.5 Å². The van der Waals surface area contributed by atoms with Crippen molar-refractivity contribution in [1.82, 2.24) is 19.9 Å². The van der Waals surface area contributed by atoms with Gasteiger partial charge in [0.15, 0.2) is 0 Å². The van der Waals surface area contributed by atoms with Crippen molar-refractivity contribution >= 4 is 32.6 Å². The molecule has 1 saturated heterocycles. The molecule has 3 N–H and O–H groups in total. The maximum Gasteiger partial charge on any atom is 0.416 e. The predicted molar refractivity (Wildman–Crippen MR) is 140 cm³/mol. The number of likely N-dealkylation sites (tertiary alicyclic amines) is 1. The van der Waals surface area contributed by atoms with Gasteiger partial charge in [-0.15, -0.1) is 0 Å². The van der Waals surface area contributed by atoms with Crippen LogP contribution < -0.4 is 15.4 Å². The van der Waals surface area contributed by atoms with Crippen molar-refractivity contribution < 1.29 is 39.6 Å². The van der Waals surface area contributed by atoms with Crippen molar-refractivity contribution in [3.8, 4) is 0 Å². The van der Waals surface area contributed by atoms with Gasteiger partial charge in [0, 0.05) is 30.2 Å². The number of anilines is 1. The first-order chi connectivity index (χ1) is 19.1. The molecule has 0 spiro atoms. The molecule has 1 fully saturated rings. The molecule has 2 heterocycles. The fourth-order valence-corrected chi connectivity index (χ4v) is 5.92. The standard InChI is InChI=1S/C26H27F6N5O3S/c1-16-12-23(21-4-2-3-5-22(21)34-16)35-24(38)33-8-11-37-9-6-19(7-10-37)36-41(39,40)20-14-17(25(27,28)29)13-18(15-20)26(30,31)32/h2-5,12-15,19,36H,6-11H2,1H3,(H2,33,34,35,38). The summed E-state index contributed by atoms with van der Waals surface area (Å²) in [4.78, 5) is 17.7. The molecule has 2 aromatic carbocycles. The lowest BCUT2D eigenvalue weighted by molar-refractivity contribution is -0.143. The minimum Gasteiger partial charge on any atom is -0.337 e. The largest absolute Gasteiger partial charge is 0.416 e. The first-order valence-corrected chi connectivity index (χ1v) is 14.1. The van der Waals surface area contributed by atoms with E-state index in [1.165, 1.54) is 0 Å². The van der Waals surface area contributed by atoms with E-state index in [4.69, 9.17) is 0 Å². The molecule has 15 heteroatoms. The van der Waals surface area contributed by atoms with Gasteiger partial charge in [-0.05, 0) is 63.2 Å². The Morgan fingerprint density at radius 2 is 1.59 bits per heavy atom. The van der Waals surface area contributed by atoms with E-state index < -0.39 is 50.5 Å². The molecule has 0 aliphatic carbocycles. The van der Waals surface area contributed by atoms with E-state index in [-0.39, 0.29) is 37.6 Å². The lowest BCUT2D eigenvalue weighted by Gasteiger charge is -2.32. The highest BCUT2D eigenvalue weighted by atomic mass is 32.2. The lowest BCUT2D eigenvalue weighted by atomic mass is 10.1. The number of piperidine rings is 1. The number of rotatable bonds is 7. The number of nitrogens with zero attached hydrogens (tertiary/aromatic N) is 2. The summed E-state index contributed by atoms with van der Waals surface area (Å²) in [6.07, 6.45) is -9.77. The van der Waals surface area contributed by atoms with Crippen LogP contribution >= 0.6 is 0 Å². The number of fused-ring (bicyclic) bond motifs is 1. The van der Waals surface area contributed by atoms with Gasteiger partial charge in [0.2, 0.25) is 10.0 Å². The Hall–Kier alpha value is -3.43. The molecule has 4 rings (SSSR count). The molecule has 1 aromatic heterocycles. The number of hydrogen-bond acceptors (Lipinski definition) is 5. The highest BCUT2D eigenvalue weighted by Gasteiger charge is 2.38. The van der Waals surface area contributed by atoms with E-state index in [0.29, 0.717) is 25.3 Å². The monoisotopic (exact) mass is 603 g/mol. The van der Waals surface area contributed by atoms with Crippen LogP contribution in [0.5, 0.6) is 0 Å². The van der Waals surface area contributed by atoms with Gasteiger partial charge < -0.3 is 15.5 Å². The number of urea groups is 1. The summed E-state index contributed by atoms with van der Waals surface area (Å²) in [6.45, 7) is 3.36. The Labute approximate surface area is 232 Å². The van der Waals surface area contributed by atoms with Crippen LogP contribution in [0.3, 0.4) is 0 Å². The molecule has 8 nitrogen and oxygen atoms in total. The maximum atomic E-state index is 13.1. The molecule has 222 valence electrons. The Kier molecular flexibility index (Phi) is 8.80. The van der Waals surface area contributed by atoms with Crippen molar-refractivity contribution in [2.24, 2.45) is 0 Å². The third-order valence-electron chi connectivity index (χ3n) is 6.59. The van der Waals surface area contributed by atoms with Gasteiger partial charge in [0.05, 0.1) is 27.2 Å². The molecule has 0 unspecified atom stereocenters. The summed E-state index contributed by atoms with van der Waals surface area (Å²) in [5, 5.41) is 6.36. The van der Waals surface area contributed by atoms with E-state index in [1.54, 1.807) is 6.07 Å². The molecule has 0 atom stereocenters. The molecule has 1 aliphatic heterocycles. The van der Waals surface area contributed by atoms with Crippen LogP contribution in [0.2, 0.25) is 0 Å². The van der Waals surface area contributed by atoms with Gasteiger partial charge in [-0.2, -0.15) is 26.3 Å². The highest BCUT2D eigenvalue weighted by molar-refractivity contribution is 7.89. The smallest absolute Gasteiger partial charge is 0.337 e. The molecule has 0 bridgehead atoms. The number of para-hydroxylation sites is 1. The fraction of sp³-hybridized carbons (Fsp3) is 0.385. The number of nitrogens with one attached hydrogen (secondary N) is 3. The Balaban J connectivity index is 1.29. The van der Waals surface area contributed by atoms with E-state index in [1.807, 2.05) is 36.1 Å². The molecular weight excluding hydrogens is 576 g/mol. The number of sulfonamides is 1. The molecule has 3 aromatic rings. The molecule has 0 radical (unpaired) electrons. The number of aromatic nitrogens is 1. The Morgan fingerprint density at radius 1 is 0.976 bits per heavy atom. The van der Waals surface area contributed by atoms with Gasteiger partial charge >= 0.3 is 18.4 Å². The molecule has 41 heavy (non-hydrogen) atoms. The highest BCUT2D eigenvalue weighted by Crippen LogP contribution is 2.37. The fourth-order valence-electron chi connectivity index (χ4n) is 4.55. The van der Waals surface area contributed by atoms with Crippen LogP contribution in [0, 0.1) is 6.92 Å². The van der Waals surface area contributed by atoms with E-state index in [2.05, 4.69) is 20.3 Å². The first kappa shape index (κ1) is 30.5. The SMILES string of the molecule is Cc1cc(NC(=O)NCCN2CCC(NS(=O)(=O)c3cc(C(F)(F)F)cc(C(F)(F)F)c3)CC2)c2ccccc2n1. The van der Waals surface area contributed by atoms with Crippen molar-refractivity contribution in [3.63, 3.8) is 0 Å². The number of amides is 2. The van der Waals surface area contributed by atoms with E-state index in [9.17, 15) is 39.6 Å². The number of hydrogen-bond donors (Lipinski definition) is 3. The van der Waals surface area contributed by atoms with E-state index >= 15 is 0 Å². The molecule has 2 amide bonds. The number of halogens is 6. The third kappa shape index (κ3) is 7.86. The summed E-state index contributed by atoms with van der Waals surface area (Å²) in [6, 6.07) is 8.31. The predicted octanol–water partition coefficient (Wildman–Crippen LogP) is 5.15. The second-order valence-electron chi connectivity index (χ2n) is 9.69. The molecule has 1 aliphatic rings. The van der Waals surface area contributed by atoms with Crippen molar-refractivity contribution in [1.29, 1.82) is 0 Å². The summed E-state index contributed by atoms with van der Waals surface area (Å²) >= 11 is 0. The quantitative estimate of drug-likeness (QED) is 0.325. The summed E-state index contributed by atoms with van der Waals surface area (Å²) < 4.78 is 107. The van der Waals surface area contributed by atoms with Crippen LogP contribution in [-0.2, 0) is 22.4 Å². The maximum absolute atomic E-state index is 13.1. The minimum atomic E-state index is -5.16. The molecule has 0 saturated carbocycles. The Bertz CT molecular complexity index is 1490. The zero-order valence-electron chi connectivity index (χ0n) is 21.7. The third-order valence-corrected chi connectivity index (χ3v) is 8.09. The number of aryl methyl sites for hydroxylation is 1. The lowest BCUT2D eigenvalue weighted by Crippen LogP contribution is -2.46. The number of carbonyl (C=O) groups excluding carboxylic acids is 1. The average Bonchev–Trinajstić information content (AvgIpc) is 2.88. The van der Waals surface area contributed by atoms with Gasteiger partial charge in [-0.25, -0.2) is 17.9 Å². The summed E-state index contributed by atoms with van der Waals surface area (Å²) in [5.41, 5.74) is -1.30. The number of alkyl halides is 6. The second kappa shape index (κ2) is 11.8. The van der Waals surface area contributed by atoms with Crippen LogP contribution in [0.4, 0.5) is 36.8 Å². The van der Waals surface area contributed by atoms with Crippen molar-refractivity contribution in [2.45, 2.75) is 43.1 Å². The van der Waals surface area contributed by atoms with Crippen LogP contribution in [0.1, 0.15) is 29.7 Å². The number of benzene rings is 2. The van der Waals surface area contributed by atoms with Gasteiger partial charge in [0.1, 0.15) is 0 Å². The Morgan fingerprint density at radius 3 is 2.20 bits per heavy atom. The van der Waals surface area contributed by atoms with E-state index in [0.717, 1.165) is 16.6 Å². The van der Waals surface area contributed by atoms with Gasteiger partial charge in [0.25, 0.3) is 0 Å². The van der Waals surface area contributed by atoms with Crippen LogP contribution in [-0.4, -0.2) is 56.6 Å². The average molecular weight is 604 g/mol. The minimum absolute atomic E-state index is 0.119. The second-order valence-corrected chi connectivity index (χ2v) is 11.4. The zero-order chi connectivity index (χ0) is 30.0. The normalized spacial score (nSPS) is 15.7. The first-order valence-electron chi connectivity index (χ1n) is 12.6. The van der Waals surface area contributed by atoms with Crippen LogP contribution in [0.15, 0.2) is 53.4 Å².